The van der Waals surface area contributed by atoms with E-state index in [-0.39, 0.29) is 5.60 Å². The van der Waals surface area contributed by atoms with Crippen LogP contribution in [0, 0.1) is 0 Å². The smallest absolute Gasteiger partial charge is 0.0697 e. The molecule has 0 aromatic heterocycles. The second kappa shape index (κ2) is 3.72. The lowest BCUT2D eigenvalue weighted by molar-refractivity contribution is -0.147. The standard InChI is InChI=1S/C12H22N2O/c13-10-2-6-14(9-10)11-3-7-15-12(8-11)4-1-5-12/h10-11H,1-9,13H2. The van der Waals surface area contributed by atoms with Crippen LogP contribution in [-0.2, 0) is 4.74 Å². The third kappa shape index (κ3) is 1.81. The van der Waals surface area contributed by atoms with Crippen LogP contribution >= 0.6 is 0 Å². The molecule has 3 aliphatic rings. The van der Waals surface area contributed by atoms with Crippen LogP contribution in [0.4, 0.5) is 0 Å². The fourth-order valence-electron chi connectivity index (χ4n) is 3.38. The number of rotatable bonds is 1. The third-order valence-corrected chi connectivity index (χ3v) is 4.50. The van der Waals surface area contributed by atoms with Crippen molar-refractivity contribution >= 4 is 0 Å². The summed E-state index contributed by atoms with van der Waals surface area (Å²) in [5.41, 5.74) is 6.26. The molecule has 0 aromatic carbocycles. The van der Waals surface area contributed by atoms with Gasteiger partial charge < -0.3 is 10.5 Å². The highest BCUT2D eigenvalue weighted by molar-refractivity contribution is 4.98. The second-order valence-corrected chi connectivity index (χ2v) is 5.58. The van der Waals surface area contributed by atoms with E-state index < -0.39 is 0 Å². The fourth-order valence-corrected chi connectivity index (χ4v) is 3.38. The van der Waals surface area contributed by atoms with Gasteiger partial charge in [-0.2, -0.15) is 0 Å². The van der Waals surface area contributed by atoms with E-state index in [0.29, 0.717) is 6.04 Å². The summed E-state index contributed by atoms with van der Waals surface area (Å²) in [7, 11) is 0. The molecule has 3 nitrogen and oxygen atoms in total. The summed E-state index contributed by atoms with van der Waals surface area (Å²) in [4.78, 5) is 2.60. The van der Waals surface area contributed by atoms with Gasteiger partial charge in [0.15, 0.2) is 0 Å². The van der Waals surface area contributed by atoms with E-state index in [1.54, 1.807) is 0 Å². The van der Waals surface area contributed by atoms with Crippen molar-refractivity contribution in [3.05, 3.63) is 0 Å². The predicted molar refractivity (Wildman–Crippen MR) is 59.7 cm³/mol. The highest BCUT2D eigenvalue weighted by atomic mass is 16.5. The second-order valence-electron chi connectivity index (χ2n) is 5.58. The van der Waals surface area contributed by atoms with Crippen LogP contribution in [0.25, 0.3) is 0 Å². The van der Waals surface area contributed by atoms with Gasteiger partial charge in [-0.3, -0.25) is 4.90 Å². The normalized spacial score (nSPS) is 40.6. The highest BCUT2D eigenvalue weighted by Crippen LogP contribution is 2.43. The van der Waals surface area contributed by atoms with E-state index in [9.17, 15) is 0 Å². The van der Waals surface area contributed by atoms with Crippen molar-refractivity contribution in [2.24, 2.45) is 5.73 Å². The Bertz CT molecular complexity index is 240. The van der Waals surface area contributed by atoms with E-state index in [2.05, 4.69) is 4.90 Å². The van der Waals surface area contributed by atoms with Crippen LogP contribution < -0.4 is 5.73 Å². The fraction of sp³-hybridized carbons (Fsp3) is 1.00. The Kier molecular flexibility index (Phi) is 2.49. The van der Waals surface area contributed by atoms with Crippen LogP contribution in [-0.4, -0.2) is 42.3 Å². The summed E-state index contributed by atoms with van der Waals surface area (Å²) in [6.45, 7) is 3.29. The van der Waals surface area contributed by atoms with Gasteiger partial charge in [-0.25, -0.2) is 0 Å². The molecule has 1 aliphatic carbocycles. The molecule has 86 valence electrons. The molecule has 3 fully saturated rings. The minimum absolute atomic E-state index is 0.287. The molecule has 0 aromatic rings. The largest absolute Gasteiger partial charge is 0.375 e. The van der Waals surface area contributed by atoms with Crippen molar-refractivity contribution in [1.29, 1.82) is 0 Å². The quantitative estimate of drug-likeness (QED) is 0.705. The SMILES string of the molecule is NC1CCN(C2CCOC3(CCC3)C2)C1. The van der Waals surface area contributed by atoms with Gasteiger partial charge in [0.1, 0.15) is 0 Å². The van der Waals surface area contributed by atoms with Crippen molar-refractivity contribution in [3.63, 3.8) is 0 Å². The molecule has 2 saturated heterocycles. The van der Waals surface area contributed by atoms with Crippen LogP contribution in [0.3, 0.4) is 0 Å². The lowest BCUT2D eigenvalue weighted by Gasteiger charge is -2.49. The van der Waals surface area contributed by atoms with E-state index in [4.69, 9.17) is 10.5 Å². The summed E-state index contributed by atoms with van der Waals surface area (Å²) in [6.07, 6.45) is 7.62. The monoisotopic (exact) mass is 210 g/mol. The molecule has 0 bridgehead atoms. The molecule has 2 heterocycles. The van der Waals surface area contributed by atoms with Crippen LogP contribution in [0.2, 0.25) is 0 Å². The third-order valence-electron chi connectivity index (χ3n) is 4.50. The summed E-state index contributed by atoms with van der Waals surface area (Å²) in [5, 5.41) is 0. The Morgan fingerprint density at radius 3 is 2.73 bits per heavy atom. The summed E-state index contributed by atoms with van der Waals surface area (Å²) in [6, 6.07) is 1.18. The number of hydrogen-bond acceptors (Lipinski definition) is 3. The maximum absolute atomic E-state index is 5.97. The van der Waals surface area contributed by atoms with Gasteiger partial charge >= 0.3 is 0 Å². The lowest BCUT2D eigenvalue weighted by Crippen LogP contribution is -2.51. The molecule has 2 atom stereocenters. The number of ether oxygens (including phenoxy) is 1. The Morgan fingerprint density at radius 2 is 2.13 bits per heavy atom. The topological polar surface area (TPSA) is 38.5 Å². The molecule has 2 N–H and O–H groups in total. The zero-order valence-electron chi connectivity index (χ0n) is 9.45. The molecule has 1 saturated carbocycles. The van der Waals surface area contributed by atoms with Gasteiger partial charge in [-0.05, 0) is 38.5 Å². The van der Waals surface area contributed by atoms with Gasteiger partial charge in [0.2, 0.25) is 0 Å². The zero-order valence-corrected chi connectivity index (χ0v) is 9.45. The molecule has 3 rings (SSSR count). The highest BCUT2D eigenvalue weighted by Gasteiger charge is 2.44. The molecule has 0 amide bonds. The molecule has 15 heavy (non-hydrogen) atoms. The Balaban J connectivity index is 1.61. The number of nitrogens with zero attached hydrogens (tertiary/aromatic N) is 1. The molecule has 3 heteroatoms. The molecule has 1 spiro atoms. The molecule has 2 unspecified atom stereocenters. The summed E-state index contributed by atoms with van der Waals surface area (Å²) >= 11 is 0. The predicted octanol–water partition coefficient (Wildman–Crippen LogP) is 1.12. The minimum atomic E-state index is 0.287. The first-order valence-electron chi connectivity index (χ1n) is 6.41. The van der Waals surface area contributed by atoms with E-state index in [1.807, 2.05) is 0 Å². The molecular formula is C12H22N2O. The van der Waals surface area contributed by atoms with Gasteiger partial charge in [-0.15, -0.1) is 0 Å². The van der Waals surface area contributed by atoms with E-state index >= 15 is 0 Å². The van der Waals surface area contributed by atoms with Crippen molar-refractivity contribution < 1.29 is 4.74 Å². The van der Waals surface area contributed by atoms with Crippen molar-refractivity contribution in [2.75, 3.05) is 19.7 Å². The maximum atomic E-state index is 5.97. The average Bonchev–Trinajstić information content (AvgIpc) is 2.63. The van der Waals surface area contributed by atoms with E-state index in [1.165, 1.54) is 45.1 Å². The number of hydrogen-bond donors (Lipinski definition) is 1. The molecular weight excluding hydrogens is 188 g/mol. The van der Waals surface area contributed by atoms with Crippen LogP contribution in [0.1, 0.15) is 38.5 Å². The molecule has 2 aliphatic heterocycles. The van der Waals surface area contributed by atoms with Crippen molar-refractivity contribution in [1.82, 2.24) is 4.90 Å². The zero-order chi connectivity index (χ0) is 10.3. The molecule has 0 radical (unpaired) electrons. The van der Waals surface area contributed by atoms with Crippen molar-refractivity contribution in [3.8, 4) is 0 Å². The number of nitrogens with two attached hydrogens (primary N) is 1. The maximum Gasteiger partial charge on any atom is 0.0697 e. The van der Waals surface area contributed by atoms with Gasteiger partial charge in [-0.1, -0.05) is 0 Å². The minimum Gasteiger partial charge on any atom is -0.375 e. The Hall–Kier alpha value is -0.120. The number of likely N-dealkylation sites (tertiary alicyclic amines) is 1. The average molecular weight is 210 g/mol. The summed E-state index contributed by atoms with van der Waals surface area (Å²) < 4.78 is 5.96. The van der Waals surface area contributed by atoms with Gasteiger partial charge in [0, 0.05) is 31.8 Å². The first-order valence-corrected chi connectivity index (χ1v) is 6.41. The summed E-state index contributed by atoms with van der Waals surface area (Å²) in [5.74, 6) is 0. The Morgan fingerprint density at radius 1 is 1.27 bits per heavy atom. The van der Waals surface area contributed by atoms with E-state index in [0.717, 1.165) is 19.2 Å². The lowest BCUT2D eigenvalue weighted by atomic mass is 9.73. The Labute approximate surface area is 91.9 Å². The first-order chi connectivity index (χ1) is 7.27. The van der Waals surface area contributed by atoms with Gasteiger partial charge in [0.05, 0.1) is 5.60 Å². The van der Waals surface area contributed by atoms with Crippen LogP contribution in [0.15, 0.2) is 0 Å². The van der Waals surface area contributed by atoms with Crippen molar-refractivity contribution in [2.45, 2.75) is 56.2 Å². The van der Waals surface area contributed by atoms with Gasteiger partial charge in [0.25, 0.3) is 0 Å². The van der Waals surface area contributed by atoms with Crippen LogP contribution in [0.5, 0.6) is 0 Å². The first kappa shape index (κ1) is 10.1.